The Hall–Kier alpha value is -3.29. The van der Waals surface area contributed by atoms with Crippen LogP contribution in [0.2, 0.25) is 0 Å². The molecule has 1 amide bonds. The van der Waals surface area contributed by atoms with Crippen LogP contribution >= 0.6 is 0 Å². The van der Waals surface area contributed by atoms with Gasteiger partial charge in [0.2, 0.25) is 0 Å². The highest BCUT2D eigenvalue weighted by Gasteiger charge is 2.30. The minimum atomic E-state index is -0.382. The Labute approximate surface area is 162 Å². The van der Waals surface area contributed by atoms with Crippen LogP contribution in [0.5, 0.6) is 0 Å². The lowest BCUT2D eigenvalue weighted by Gasteiger charge is -2.23. The first-order valence-electron chi connectivity index (χ1n) is 9.27. The summed E-state index contributed by atoms with van der Waals surface area (Å²) in [7, 11) is 0. The number of halogens is 1. The Kier molecular flexibility index (Phi) is 5.01. The van der Waals surface area contributed by atoms with Gasteiger partial charge in [-0.25, -0.2) is 9.37 Å². The number of para-hydroxylation sites is 1. The van der Waals surface area contributed by atoms with Crippen LogP contribution in [0.4, 0.5) is 10.2 Å². The highest BCUT2D eigenvalue weighted by Crippen LogP contribution is 2.24. The molecule has 1 aromatic carbocycles. The quantitative estimate of drug-likeness (QED) is 0.711. The van der Waals surface area contributed by atoms with Gasteiger partial charge in [0.1, 0.15) is 0 Å². The first-order valence-corrected chi connectivity index (χ1v) is 9.27. The lowest BCUT2D eigenvalue weighted by atomic mass is 10.1. The standard InChI is InChI=1S/C20H21FN6O/c1-13-11-15(21)19(22-12-13)25-16-6-4-7-17(16)26-20(28)14-5-2-3-8-18(14)27-23-9-10-24-27/h2-3,5,8-12,16-17H,4,6-7H2,1H3,(H,22,25)(H,26,28)/t16-,17-/m0/s1. The van der Waals surface area contributed by atoms with Crippen molar-refractivity contribution < 1.29 is 9.18 Å². The number of pyridine rings is 1. The fourth-order valence-electron chi connectivity index (χ4n) is 3.55. The molecule has 0 radical (unpaired) electrons. The van der Waals surface area contributed by atoms with Gasteiger partial charge in [-0.15, -0.1) is 0 Å². The van der Waals surface area contributed by atoms with Gasteiger partial charge < -0.3 is 10.6 Å². The van der Waals surface area contributed by atoms with E-state index in [-0.39, 0.29) is 29.6 Å². The number of amides is 1. The monoisotopic (exact) mass is 380 g/mol. The molecule has 1 aliphatic carbocycles. The highest BCUT2D eigenvalue weighted by atomic mass is 19.1. The summed E-state index contributed by atoms with van der Waals surface area (Å²) in [5, 5.41) is 14.5. The molecular weight excluding hydrogens is 359 g/mol. The maximum Gasteiger partial charge on any atom is 0.253 e. The van der Waals surface area contributed by atoms with Crippen LogP contribution in [0.3, 0.4) is 0 Å². The van der Waals surface area contributed by atoms with Crippen molar-refractivity contribution in [3.63, 3.8) is 0 Å². The molecular formula is C20H21FN6O. The summed E-state index contributed by atoms with van der Waals surface area (Å²) in [6, 6.07) is 8.43. The number of carbonyl (C=O) groups excluding carboxylic acids is 1. The Bertz CT molecular complexity index is 975. The summed E-state index contributed by atoms with van der Waals surface area (Å²) >= 11 is 0. The van der Waals surface area contributed by atoms with Crippen molar-refractivity contribution in [2.24, 2.45) is 0 Å². The fraction of sp³-hybridized carbons (Fsp3) is 0.300. The van der Waals surface area contributed by atoms with Crippen molar-refractivity contribution in [3.8, 4) is 5.69 Å². The summed E-state index contributed by atoms with van der Waals surface area (Å²) in [4.78, 5) is 18.5. The number of aromatic nitrogens is 4. The topological polar surface area (TPSA) is 84.7 Å². The zero-order chi connectivity index (χ0) is 19.5. The highest BCUT2D eigenvalue weighted by molar-refractivity contribution is 5.97. The molecule has 1 aliphatic rings. The number of carbonyl (C=O) groups is 1. The molecule has 4 rings (SSSR count). The van der Waals surface area contributed by atoms with Gasteiger partial charge in [0.25, 0.3) is 5.91 Å². The van der Waals surface area contributed by atoms with E-state index in [0.717, 1.165) is 24.8 Å². The first-order chi connectivity index (χ1) is 13.6. The van der Waals surface area contributed by atoms with Gasteiger partial charge in [0.05, 0.1) is 23.6 Å². The maximum absolute atomic E-state index is 14.1. The van der Waals surface area contributed by atoms with E-state index >= 15 is 0 Å². The molecule has 0 aliphatic heterocycles. The summed E-state index contributed by atoms with van der Waals surface area (Å²) in [5.74, 6) is -0.367. The van der Waals surface area contributed by atoms with Crippen LogP contribution in [0.25, 0.3) is 5.69 Å². The SMILES string of the molecule is Cc1cnc(N[C@H]2CCC[C@@H]2NC(=O)c2ccccc2-n2nccn2)c(F)c1. The number of hydrogen-bond donors (Lipinski definition) is 2. The van der Waals surface area contributed by atoms with Crippen molar-refractivity contribution in [1.29, 1.82) is 0 Å². The van der Waals surface area contributed by atoms with E-state index in [1.165, 1.54) is 10.9 Å². The number of benzene rings is 1. The van der Waals surface area contributed by atoms with E-state index in [0.29, 0.717) is 11.3 Å². The maximum atomic E-state index is 14.1. The lowest BCUT2D eigenvalue weighted by Crippen LogP contribution is -2.43. The molecule has 2 heterocycles. The largest absolute Gasteiger partial charge is 0.363 e. The predicted octanol–water partition coefficient (Wildman–Crippen LogP) is 2.87. The molecule has 2 N–H and O–H groups in total. The summed E-state index contributed by atoms with van der Waals surface area (Å²) in [6.07, 6.45) is 7.35. The molecule has 2 atom stereocenters. The summed E-state index contributed by atoms with van der Waals surface area (Å²) in [5.41, 5.74) is 1.87. The minimum Gasteiger partial charge on any atom is -0.363 e. The Morgan fingerprint density at radius 1 is 1.18 bits per heavy atom. The second-order valence-corrected chi connectivity index (χ2v) is 6.94. The Morgan fingerprint density at radius 3 is 2.71 bits per heavy atom. The molecule has 0 unspecified atom stereocenters. The number of rotatable bonds is 5. The van der Waals surface area contributed by atoms with E-state index in [4.69, 9.17) is 0 Å². The summed E-state index contributed by atoms with van der Waals surface area (Å²) < 4.78 is 14.1. The molecule has 1 saturated carbocycles. The molecule has 28 heavy (non-hydrogen) atoms. The Balaban J connectivity index is 1.50. The van der Waals surface area contributed by atoms with Gasteiger partial charge in [-0.05, 0) is 49.9 Å². The van der Waals surface area contributed by atoms with Gasteiger partial charge in [0, 0.05) is 18.3 Å². The third-order valence-corrected chi connectivity index (χ3v) is 4.92. The van der Waals surface area contributed by atoms with Gasteiger partial charge >= 0.3 is 0 Å². The third-order valence-electron chi connectivity index (χ3n) is 4.92. The molecule has 1 fully saturated rings. The number of nitrogens with one attached hydrogen (secondary N) is 2. The van der Waals surface area contributed by atoms with Crippen molar-refractivity contribution >= 4 is 11.7 Å². The normalized spacial score (nSPS) is 18.8. The number of nitrogens with zero attached hydrogens (tertiary/aromatic N) is 4. The molecule has 8 heteroatoms. The zero-order valence-corrected chi connectivity index (χ0v) is 15.5. The van der Waals surface area contributed by atoms with E-state index in [1.807, 2.05) is 6.07 Å². The van der Waals surface area contributed by atoms with E-state index in [1.54, 1.807) is 43.7 Å². The van der Waals surface area contributed by atoms with Gasteiger partial charge in [-0.3, -0.25) is 4.79 Å². The van der Waals surface area contributed by atoms with E-state index in [2.05, 4.69) is 25.8 Å². The molecule has 3 aromatic rings. The number of anilines is 1. The Morgan fingerprint density at radius 2 is 1.93 bits per heavy atom. The van der Waals surface area contributed by atoms with Crippen molar-refractivity contribution in [3.05, 3.63) is 65.9 Å². The van der Waals surface area contributed by atoms with Crippen molar-refractivity contribution in [2.75, 3.05) is 5.32 Å². The second kappa shape index (κ2) is 7.75. The van der Waals surface area contributed by atoms with E-state index in [9.17, 15) is 9.18 Å². The molecule has 0 saturated heterocycles. The lowest BCUT2D eigenvalue weighted by molar-refractivity contribution is 0.0935. The van der Waals surface area contributed by atoms with Crippen LogP contribution in [-0.2, 0) is 0 Å². The molecule has 0 bridgehead atoms. The molecule has 144 valence electrons. The molecule has 7 nitrogen and oxygen atoms in total. The number of hydrogen-bond acceptors (Lipinski definition) is 5. The smallest absolute Gasteiger partial charge is 0.253 e. The minimum absolute atomic E-state index is 0.0800. The summed E-state index contributed by atoms with van der Waals surface area (Å²) in [6.45, 7) is 1.80. The number of aryl methyl sites for hydroxylation is 1. The van der Waals surface area contributed by atoms with Crippen LogP contribution in [0, 0.1) is 12.7 Å². The van der Waals surface area contributed by atoms with Crippen molar-refractivity contribution in [2.45, 2.75) is 38.3 Å². The predicted molar refractivity (Wildman–Crippen MR) is 103 cm³/mol. The zero-order valence-electron chi connectivity index (χ0n) is 15.5. The van der Waals surface area contributed by atoms with Gasteiger partial charge in [-0.2, -0.15) is 15.0 Å². The first kappa shape index (κ1) is 18.1. The van der Waals surface area contributed by atoms with Crippen molar-refractivity contribution in [1.82, 2.24) is 25.3 Å². The van der Waals surface area contributed by atoms with Gasteiger partial charge in [-0.1, -0.05) is 12.1 Å². The van der Waals surface area contributed by atoms with Crippen LogP contribution < -0.4 is 10.6 Å². The third kappa shape index (κ3) is 3.71. The molecule has 2 aromatic heterocycles. The van der Waals surface area contributed by atoms with Gasteiger partial charge in [0.15, 0.2) is 11.6 Å². The van der Waals surface area contributed by atoms with Crippen LogP contribution in [0.1, 0.15) is 35.2 Å². The van der Waals surface area contributed by atoms with Crippen LogP contribution in [-0.4, -0.2) is 38.0 Å². The molecule has 0 spiro atoms. The average Bonchev–Trinajstić information content (AvgIpc) is 3.36. The van der Waals surface area contributed by atoms with E-state index < -0.39 is 0 Å². The second-order valence-electron chi connectivity index (χ2n) is 6.94. The van der Waals surface area contributed by atoms with Crippen LogP contribution in [0.15, 0.2) is 48.9 Å². The fourth-order valence-corrected chi connectivity index (χ4v) is 3.55. The average molecular weight is 380 g/mol.